The minimum absolute atomic E-state index is 0.624. The second kappa shape index (κ2) is 6.26. The summed E-state index contributed by atoms with van der Waals surface area (Å²) in [5, 5.41) is 0. The monoisotopic (exact) mass is 156 g/mol. The summed E-state index contributed by atoms with van der Waals surface area (Å²) in [6.07, 6.45) is 5.02. The van der Waals surface area contributed by atoms with Gasteiger partial charge in [0.2, 0.25) is 0 Å². The van der Waals surface area contributed by atoms with Crippen LogP contribution in [0.15, 0.2) is 12.3 Å². The largest absolute Gasteiger partial charge is 0.501 e. The van der Waals surface area contributed by atoms with Gasteiger partial charge in [-0.15, -0.1) is 0 Å². The van der Waals surface area contributed by atoms with E-state index in [9.17, 15) is 0 Å². The van der Waals surface area contributed by atoms with E-state index >= 15 is 0 Å². The fraction of sp³-hybridized carbons (Fsp3) is 0.800. The number of hydrogen-bond acceptors (Lipinski definition) is 1. The van der Waals surface area contributed by atoms with Crippen LogP contribution in [-0.4, -0.2) is 6.61 Å². The molecule has 0 spiro atoms. The van der Waals surface area contributed by atoms with Gasteiger partial charge in [-0.2, -0.15) is 0 Å². The Morgan fingerprint density at radius 1 is 1.09 bits per heavy atom. The van der Waals surface area contributed by atoms with Gasteiger partial charge in [0.1, 0.15) is 0 Å². The van der Waals surface area contributed by atoms with Crippen molar-refractivity contribution in [2.45, 2.75) is 34.1 Å². The zero-order valence-electron chi connectivity index (χ0n) is 8.13. The first kappa shape index (κ1) is 10.5. The molecule has 0 unspecified atom stereocenters. The third-order valence-electron chi connectivity index (χ3n) is 1.23. The van der Waals surface area contributed by atoms with Gasteiger partial charge >= 0.3 is 0 Å². The molecule has 0 heterocycles. The maximum atomic E-state index is 5.26. The Balaban J connectivity index is 3.17. The van der Waals surface area contributed by atoms with Crippen molar-refractivity contribution in [3.05, 3.63) is 12.3 Å². The molecule has 0 rings (SSSR count). The van der Waals surface area contributed by atoms with Crippen LogP contribution < -0.4 is 0 Å². The van der Waals surface area contributed by atoms with Crippen molar-refractivity contribution in [2.75, 3.05) is 6.61 Å². The Hall–Kier alpha value is -0.460. The van der Waals surface area contributed by atoms with Gasteiger partial charge in [-0.05, 0) is 24.3 Å². The molecule has 0 aliphatic heterocycles. The number of rotatable bonds is 5. The van der Waals surface area contributed by atoms with Crippen LogP contribution in [0.2, 0.25) is 0 Å². The lowest BCUT2D eigenvalue weighted by molar-refractivity contribution is 0.210. The van der Waals surface area contributed by atoms with Crippen LogP contribution >= 0.6 is 0 Å². The number of ether oxygens (including phenoxy) is 1. The molecule has 0 atom stereocenters. The van der Waals surface area contributed by atoms with Gasteiger partial charge in [0.05, 0.1) is 12.9 Å². The van der Waals surface area contributed by atoms with Crippen molar-refractivity contribution in [3.8, 4) is 0 Å². The summed E-state index contributed by atoms with van der Waals surface area (Å²) in [5.41, 5.74) is 0. The van der Waals surface area contributed by atoms with Gasteiger partial charge in [-0.3, -0.25) is 0 Å². The van der Waals surface area contributed by atoms with E-state index in [1.54, 1.807) is 0 Å². The van der Waals surface area contributed by atoms with Gasteiger partial charge in [0.15, 0.2) is 0 Å². The maximum absolute atomic E-state index is 5.26. The lowest BCUT2D eigenvalue weighted by Gasteiger charge is -2.03. The van der Waals surface area contributed by atoms with Crippen LogP contribution in [0, 0.1) is 11.8 Å². The number of allylic oxidation sites excluding steroid dienone is 1. The lowest BCUT2D eigenvalue weighted by Crippen LogP contribution is -1.96. The SMILES string of the molecule is CC(C)C/C=C/OCC(C)C. The van der Waals surface area contributed by atoms with Crippen molar-refractivity contribution in [2.24, 2.45) is 11.8 Å². The second-order valence-corrected chi connectivity index (χ2v) is 3.73. The third kappa shape index (κ3) is 9.54. The van der Waals surface area contributed by atoms with Crippen LogP contribution in [0.1, 0.15) is 34.1 Å². The minimum Gasteiger partial charge on any atom is -0.501 e. The minimum atomic E-state index is 0.624. The maximum Gasteiger partial charge on any atom is 0.0895 e. The topological polar surface area (TPSA) is 9.23 Å². The highest BCUT2D eigenvalue weighted by Crippen LogP contribution is 2.00. The van der Waals surface area contributed by atoms with Gasteiger partial charge in [0, 0.05) is 0 Å². The van der Waals surface area contributed by atoms with E-state index < -0.39 is 0 Å². The summed E-state index contributed by atoms with van der Waals surface area (Å²) in [4.78, 5) is 0. The molecule has 0 aliphatic rings. The van der Waals surface area contributed by atoms with Gasteiger partial charge < -0.3 is 4.74 Å². The average Bonchev–Trinajstić information content (AvgIpc) is 1.85. The quantitative estimate of drug-likeness (QED) is 0.555. The zero-order chi connectivity index (χ0) is 8.69. The summed E-state index contributed by atoms with van der Waals surface area (Å²) < 4.78 is 5.26. The molecule has 0 radical (unpaired) electrons. The van der Waals surface area contributed by atoms with Crippen molar-refractivity contribution in [3.63, 3.8) is 0 Å². The molecule has 0 saturated heterocycles. The summed E-state index contributed by atoms with van der Waals surface area (Å²) in [7, 11) is 0. The molecule has 0 amide bonds. The highest BCUT2D eigenvalue weighted by molar-refractivity contribution is 4.74. The molecule has 0 aromatic rings. The van der Waals surface area contributed by atoms with Crippen molar-refractivity contribution in [1.82, 2.24) is 0 Å². The van der Waals surface area contributed by atoms with E-state index in [0.29, 0.717) is 5.92 Å². The van der Waals surface area contributed by atoms with E-state index in [2.05, 4.69) is 33.8 Å². The molecule has 0 aliphatic carbocycles. The van der Waals surface area contributed by atoms with Crippen molar-refractivity contribution in [1.29, 1.82) is 0 Å². The van der Waals surface area contributed by atoms with Crippen LogP contribution in [0.5, 0.6) is 0 Å². The molecule has 0 aromatic heterocycles. The van der Waals surface area contributed by atoms with Gasteiger partial charge in [-0.25, -0.2) is 0 Å². The zero-order valence-corrected chi connectivity index (χ0v) is 8.13. The average molecular weight is 156 g/mol. The smallest absolute Gasteiger partial charge is 0.0895 e. The van der Waals surface area contributed by atoms with E-state index in [1.165, 1.54) is 0 Å². The van der Waals surface area contributed by atoms with Crippen molar-refractivity contribution < 1.29 is 4.74 Å². The van der Waals surface area contributed by atoms with E-state index in [-0.39, 0.29) is 0 Å². The predicted octanol–water partition coefficient (Wildman–Crippen LogP) is 3.22. The first-order valence-corrected chi connectivity index (χ1v) is 4.39. The van der Waals surface area contributed by atoms with Gasteiger partial charge in [-0.1, -0.05) is 27.7 Å². The Labute approximate surface area is 70.4 Å². The fourth-order valence-electron chi connectivity index (χ4n) is 0.644. The summed E-state index contributed by atoms with van der Waals surface area (Å²) in [6, 6.07) is 0. The highest BCUT2D eigenvalue weighted by atomic mass is 16.5. The standard InChI is InChI=1S/C10H20O/c1-9(2)6-5-7-11-8-10(3)4/h5,7,9-10H,6,8H2,1-4H3/b7-5+. The molecular formula is C10H20O. The van der Waals surface area contributed by atoms with Crippen molar-refractivity contribution >= 4 is 0 Å². The molecular weight excluding hydrogens is 136 g/mol. The Morgan fingerprint density at radius 2 is 1.73 bits per heavy atom. The molecule has 1 nitrogen and oxygen atoms in total. The molecule has 1 heteroatoms. The number of hydrogen-bond donors (Lipinski definition) is 0. The first-order chi connectivity index (χ1) is 5.13. The summed E-state index contributed by atoms with van der Waals surface area (Å²) in [5.74, 6) is 1.35. The predicted molar refractivity (Wildman–Crippen MR) is 49.4 cm³/mol. The van der Waals surface area contributed by atoms with Crippen LogP contribution in [-0.2, 0) is 4.74 Å². The van der Waals surface area contributed by atoms with Gasteiger partial charge in [0.25, 0.3) is 0 Å². The summed E-state index contributed by atoms with van der Waals surface area (Å²) in [6.45, 7) is 9.53. The summed E-state index contributed by atoms with van der Waals surface area (Å²) >= 11 is 0. The Bertz CT molecular complexity index is 103. The highest BCUT2D eigenvalue weighted by Gasteiger charge is 1.90. The van der Waals surface area contributed by atoms with Crippen LogP contribution in [0.4, 0.5) is 0 Å². The van der Waals surface area contributed by atoms with E-state index in [0.717, 1.165) is 18.9 Å². The normalized spacial score (nSPS) is 11.8. The molecule has 0 saturated carbocycles. The second-order valence-electron chi connectivity index (χ2n) is 3.73. The van der Waals surface area contributed by atoms with Crippen LogP contribution in [0.25, 0.3) is 0 Å². The molecule has 66 valence electrons. The Morgan fingerprint density at radius 3 is 2.18 bits per heavy atom. The van der Waals surface area contributed by atoms with E-state index in [1.807, 2.05) is 6.26 Å². The lowest BCUT2D eigenvalue weighted by atomic mass is 10.1. The molecule has 0 N–H and O–H groups in total. The third-order valence-corrected chi connectivity index (χ3v) is 1.23. The fourth-order valence-corrected chi connectivity index (χ4v) is 0.644. The molecule has 11 heavy (non-hydrogen) atoms. The molecule has 0 bridgehead atoms. The first-order valence-electron chi connectivity index (χ1n) is 4.39. The molecule has 0 aromatic carbocycles. The van der Waals surface area contributed by atoms with E-state index in [4.69, 9.17) is 4.74 Å². The molecule has 0 fully saturated rings. The Kier molecular flexibility index (Phi) is 6.00. The van der Waals surface area contributed by atoms with Crippen LogP contribution in [0.3, 0.4) is 0 Å².